The fourth-order valence-electron chi connectivity index (χ4n) is 1.46. The summed E-state index contributed by atoms with van der Waals surface area (Å²) in [7, 11) is 0. The molecule has 0 unspecified atom stereocenters. The molecule has 2 rings (SSSR count). The molecule has 0 spiro atoms. The van der Waals surface area contributed by atoms with Crippen LogP contribution in [0.4, 0.5) is 14.5 Å². The monoisotopic (exact) mass is 293 g/mol. The van der Waals surface area contributed by atoms with Crippen molar-refractivity contribution in [3.8, 4) is 6.07 Å². The number of nitriles is 1. The van der Waals surface area contributed by atoms with Crippen LogP contribution in [0, 0.1) is 23.0 Å². The van der Waals surface area contributed by atoms with E-state index in [9.17, 15) is 13.6 Å². The van der Waals surface area contributed by atoms with E-state index in [2.05, 4.69) is 10.3 Å². The average Bonchev–Trinajstić information content (AvgIpc) is 2.43. The molecule has 1 aromatic carbocycles. The van der Waals surface area contributed by atoms with Crippen LogP contribution in [0.15, 0.2) is 30.5 Å². The first kappa shape index (κ1) is 13.9. The highest BCUT2D eigenvalue weighted by molar-refractivity contribution is 6.33. The predicted octanol–water partition coefficient (Wildman–Crippen LogP) is 3.14. The Kier molecular flexibility index (Phi) is 3.91. The van der Waals surface area contributed by atoms with Gasteiger partial charge in [-0.1, -0.05) is 11.6 Å². The van der Waals surface area contributed by atoms with Crippen molar-refractivity contribution in [3.63, 3.8) is 0 Å². The van der Waals surface area contributed by atoms with Crippen molar-refractivity contribution >= 4 is 23.2 Å². The van der Waals surface area contributed by atoms with Gasteiger partial charge in [-0.05, 0) is 24.3 Å². The summed E-state index contributed by atoms with van der Waals surface area (Å²) in [5, 5.41) is 10.6. The molecular formula is C13H6ClF2N3O. The number of rotatable bonds is 2. The van der Waals surface area contributed by atoms with Crippen molar-refractivity contribution in [2.24, 2.45) is 0 Å². The van der Waals surface area contributed by atoms with Crippen LogP contribution in [0.5, 0.6) is 0 Å². The van der Waals surface area contributed by atoms with Gasteiger partial charge in [0, 0.05) is 0 Å². The summed E-state index contributed by atoms with van der Waals surface area (Å²) in [5.41, 5.74) is -0.240. The van der Waals surface area contributed by atoms with E-state index in [4.69, 9.17) is 16.9 Å². The Balaban J connectivity index is 2.28. The standard InChI is InChI=1S/C13H6ClF2N3O/c14-12-9(4-8(15)6-18-12)13(20)19-11-2-1-7(5-17)3-10(11)16/h1-4,6H,(H,19,20). The molecule has 0 radical (unpaired) electrons. The molecule has 0 aliphatic heterocycles. The fraction of sp³-hybridized carbons (Fsp3) is 0. The summed E-state index contributed by atoms with van der Waals surface area (Å²) in [6.45, 7) is 0. The van der Waals surface area contributed by atoms with Crippen LogP contribution in [0.2, 0.25) is 5.15 Å². The van der Waals surface area contributed by atoms with Crippen LogP contribution in [0.3, 0.4) is 0 Å². The Morgan fingerprint density at radius 2 is 2.10 bits per heavy atom. The Bertz CT molecular complexity index is 728. The zero-order chi connectivity index (χ0) is 14.7. The minimum Gasteiger partial charge on any atom is -0.319 e. The second-order valence-electron chi connectivity index (χ2n) is 3.75. The first-order chi connectivity index (χ1) is 9.51. The molecule has 0 aliphatic carbocycles. The van der Waals surface area contributed by atoms with Gasteiger partial charge >= 0.3 is 0 Å². The number of carbonyl (C=O) groups excluding carboxylic acids is 1. The van der Waals surface area contributed by atoms with Gasteiger partial charge in [0.1, 0.15) is 16.8 Å². The molecular weight excluding hydrogens is 288 g/mol. The Labute approximate surface area is 117 Å². The zero-order valence-corrected chi connectivity index (χ0v) is 10.6. The Hall–Kier alpha value is -2.52. The van der Waals surface area contributed by atoms with Gasteiger partial charge in [-0.2, -0.15) is 5.26 Å². The van der Waals surface area contributed by atoms with Gasteiger partial charge in [0.25, 0.3) is 5.91 Å². The SMILES string of the molecule is N#Cc1ccc(NC(=O)c2cc(F)cnc2Cl)c(F)c1. The van der Waals surface area contributed by atoms with Gasteiger partial charge in [-0.25, -0.2) is 13.8 Å². The van der Waals surface area contributed by atoms with Crippen LogP contribution in [-0.4, -0.2) is 10.9 Å². The predicted molar refractivity (Wildman–Crippen MR) is 68.3 cm³/mol. The van der Waals surface area contributed by atoms with Gasteiger partial charge in [-0.15, -0.1) is 0 Å². The summed E-state index contributed by atoms with van der Waals surface area (Å²) in [5.74, 6) is -2.32. The lowest BCUT2D eigenvalue weighted by atomic mass is 10.2. The van der Waals surface area contributed by atoms with Crippen LogP contribution in [0.25, 0.3) is 0 Å². The summed E-state index contributed by atoms with van der Waals surface area (Å²) in [6.07, 6.45) is 0.863. The highest BCUT2D eigenvalue weighted by Gasteiger charge is 2.15. The highest BCUT2D eigenvalue weighted by atomic mass is 35.5. The molecule has 2 aromatic rings. The topological polar surface area (TPSA) is 65.8 Å². The lowest BCUT2D eigenvalue weighted by molar-refractivity contribution is 0.102. The summed E-state index contributed by atoms with van der Waals surface area (Å²) < 4.78 is 26.6. The molecule has 7 heteroatoms. The van der Waals surface area contributed by atoms with Gasteiger partial charge < -0.3 is 5.32 Å². The summed E-state index contributed by atoms with van der Waals surface area (Å²) in [6, 6.07) is 6.20. The van der Waals surface area contributed by atoms with Crippen molar-refractivity contribution in [1.29, 1.82) is 5.26 Å². The van der Waals surface area contributed by atoms with E-state index >= 15 is 0 Å². The molecule has 20 heavy (non-hydrogen) atoms. The Morgan fingerprint density at radius 1 is 1.35 bits per heavy atom. The maximum Gasteiger partial charge on any atom is 0.258 e. The molecule has 1 aromatic heterocycles. The van der Waals surface area contributed by atoms with Crippen LogP contribution in [0.1, 0.15) is 15.9 Å². The summed E-state index contributed by atoms with van der Waals surface area (Å²) in [4.78, 5) is 15.3. The van der Waals surface area contributed by atoms with Crippen LogP contribution in [-0.2, 0) is 0 Å². The molecule has 1 heterocycles. The van der Waals surface area contributed by atoms with E-state index in [0.29, 0.717) is 0 Å². The second-order valence-corrected chi connectivity index (χ2v) is 4.11. The lowest BCUT2D eigenvalue weighted by Gasteiger charge is -2.07. The number of carbonyl (C=O) groups is 1. The molecule has 4 nitrogen and oxygen atoms in total. The minimum absolute atomic E-state index is 0.117. The van der Waals surface area contributed by atoms with Gasteiger partial charge in [0.05, 0.1) is 29.1 Å². The third-order valence-corrected chi connectivity index (χ3v) is 2.70. The van der Waals surface area contributed by atoms with Gasteiger partial charge in [0.15, 0.2) is 0 Å². The third kappa shape index (κ3) is 2.90. The number of hydrogen-bond donors (Lipinski definition) is 1. The number of amides is 1. The van der Waals surface area contributed by atoms with Gasteiger partial charge in [0.2, 0.25) is 0 Å². The quantitative estimate of drug-likeness (QED) is 0.865. The number of aromatic nitrogens is 1. The second kappa shape index (κ2) is 5.63. The van der Waals surface area contributed by atoms with E-state index in [0.717, 1.165) is 18.3 Å². The minimum atomic E-state index is -0.800. The van der Waals surface area contributed by atoms with E-state index < -0.39 is 17.5 Å². The average molecular weight is 294 g/mol. The zero-order valence-electron chi connectivity index (χ0n) is 9.82. The van der Waals surface area contributed by atoms with Crippen molar-refractivity contribution in [2.45, 2.75) is 0 Å². The molecule has 0 bridgehead atoms. The molecule has 0 fully saturated rings. The number of nitrogens with zero attached hydrogens (tertiary/aromatic N) is 2. The maximum atomic E-state index is 13.6. The molecule has 0 saturated carbocycles. The van der Waals surface area contributed by atoms with E-state index in [1.165, 1.54) is 12.1 Å². The van der Waals surface area contributed by atoms with E-state index in [1.807, 2.05) is 0 Å². The van der Waals surface area contributed by atoms with Crippen molar-refractivity contribution in [3.05, 3.63) is 58.4 Å². The molecule has 0 aliphatic rings. The number of nitrogens with one attached hydrogen (secondary N) is 1. The van der Waals surface area contributed by atoms with E-state index in [-0.39, 0.29) is 22.0 Å². The fourth-order valence-corrected chi connectivity index (χ4v) is 1.65. The third-order valence-electron chi connectivity index (χ3n) is 2.40. The first-order valence-corrected chi connectivity index (χ1v) is 5.71. The molecule has 100 valence electrons. The first-order valence-electron chi connectivity index (χ1n) is 5.33. The van der Waals surface area contributed by atoms with Gasteiger partial charge in [-0.3, -0.25) is 4.79 Å². The molecule has 1 amide bonds. The van der Waals surface area contributed by atoms with Crippen molar-refractivity contribution < 1.29 is 13.6 Å². The largest absolute Gasteiger partial charge is 0.319 e. The van der Waals surface area contributed by atoms with E-state index in [1.54, 1.807) is 6.07 Å². The van der Waals surface area contributed by atoms with Crippen LogP contribution >= 0.6 is 11.6 Å². The number of pyridine rings is 1. The smallest absolute Gasteiger partial charge is 0.258 e. The number of benzene rings is 1. The number of hydrogen-bond acceptors (Lipinski definition) is 3. The number of anilines is 1. The number of halogens is 3. The molecule has 1 N–H and O–H groups in total. The van der Waals surface area contributed by atoms with Crippen molar-refractivity contribution in [2.75, 3.05) is 5.32 Å². The summed E-state index contributed by atoms with van der Waals surface area (Å²) >= 11 is 5.67. The van der Waals surface area contributed by atoms with Crippen molar-refractivity contribution in [1.82, 2.24) is 4.98 Å². The normalized spacial score (nSPS) is 9.90. The van der Waals surface area contributed by atoms with Crippen LogP contribution < -0.4 is 5.32 Å². The lowest BCUT2D eigenvalue weighted by Crippen LogP contribution is -2.14. The molecule has 0 atom stereocenters. The maximum absolute atomic E-state index is 13.6. The Morgan fingerprint density at radius 3 is 2.75 bits per heavy atom. The molecule has 0 saturated heterocycles. The highest BCUT2D eigenvalue weighted by Crippen LogP contribution is 2.19.